The number of hydrogen-bond donors (Lipinski definition) is 2. The van der Waals surface area contributed by atoms with Crippen molar-refractivity contribution in [3.8, 4) is 0 Å². The predicted octanol–water partition coefficient (Wildman–Crippen LogP) is 3.62. The molecule has 0 heterocycles. The highest BCUT2D eigenvalue weighted by Gasteiger charge is 2.41. The molecule has 134 valence electrons. The van der Waals surface area contributed by atoms with Gasteiger partial charge in [0.15, 0.2) is 0 Å². The number of alkyl carbamates (subject to hydrolysis) is 1. The van der Waals surface area contributed by atoms with Gasteiger partial charge in [0.1, 0.15) is 0 Å². The second kappa shape index (κ2) is 8.55. The van der Waals surface area contributed by atoms with E-state index >= 15 is 0 Å². The molecule has 0 bridgehead atoms. The third-order valence-corrected chi connectivity index (χ3v) is 4.52. The predicted molar refractivity (Wildman–Crippen MR) is 92.2 cm³/mol. The Bertz CT molecular complexity index is 409. The second-order valence-corrected chi connectivity index (χ2v) is 8.02. The number of amides is 2. The average molecular weight is 326 g/mol. The fraction of sp³-hybridized carbons (Fsp3) is 0.889. The van der Waals surface area contributed by atoms with Crippen LogP contribution in [0, 0.1) is 10.8 Å². The molecule has 0 radical (unpaired) electrons. The standard InChI is InChI=1S/C18H34N2O3/c1-6-8-9-23-16(22)19-13-18(5)11-14(20-15(21)7-2)10-17(3,4)12-18/h14H,6-13H2,1-5H3,(H,19,22)(H,20,21). The van der Waals surface area contributed by atoms with E-state index in [2.05, 4.69) is 38.3 Å². The van der Waals surface area contributed by atoms with E-state index in [0.717, 1.165) is 32.1 Å². The SMILES string of the molecule is CCCCOC(=O)NCC1(C)CC(NC(=O)CC)CC(C)(C)C1. The maximum absolute atomic E-state index is 11.8. The Labute approximate surface area is 140 Å². The third-order valence-electron chi connectivity index (χ3n) is 4.52. The van der Waals surface area contributed by atoms with Crippen molar-refractivity contribution in [1.29, 1.82) is 0 Å². The van der Waals surface area contributed by atoms with E-state index in [0.29, 0.717) is 19.6 Å². The Hall–Kier alpha value is -1.26. The minimum absolute atomic E-state index is 0.0305. The van der Waals surface area contributed by atoms with Crippen molar-refractivity contribution in [2.24, 2.45) is 10.8 Å². The summed E-state index contributed by atoms with van der Waals surface area (Å²) < 4.78 is 5.16. The highest BCUT2D eigenvalue weighted by molar-refractivity contribution is 5.75. The van der Waals surface area contributed by atoms with Crippen LogP contribution in [-0.2, 0) is 9.53 Å². The molecule has 2 amide bonds. The van der Waals surface area contributed by atoms with E-state index in [9.17, 15) is 9.59 Å². The number of carbonyl (C=O) groups excluding carboxylic acids is 2. The van der Waals surface area contributed by atoms with Crippen molar-refractivity contribution < 1.29 is 14.3 Å². The average Bonchev–Trinajstić information content (AvgIpc) is 2.43. The lowest BCUT2D eigenvalue weighted by molar-refractivity contribution is -0.122. The van der Waals surface area contributed by atoms with Gasteiger partial charge in [-0.2, -0.15) is 0 Å². The molecule has 1 rings (SSSR count). The molecule has 0 aromatic heterocycles. The van der Waals surface area contributed by atoms with Crippen molar-refractivity contribution in [2.45, 2.75) is 79.2 Å². The summed E-state index contributed by atoms with van der Waals surface area (Å²) in [6.07, 6.45) is 4.97. The van der Waals surface area contributed by atoms with Crippen LogP contribution in [0.15, 0.2) is 0 Å². The zero-order chi connectivity index (χ0) is 17.5. The van der Waals surface area contributed by atoms with Gasteiger partial charge < -0.3 is 15.4 Å². The maximum atomic E-state index is 11.8. The molecular formula is C18H34N2O3. The molecule has 0 aliphatic heterocycles. The van der Waals surface area contributed by atoms with Gasteiger partial charge in [-0.25, -0.2) is 4.79 Å². The van der Waals surface area contributed by atoms with Crippen LogP contribution in [0.1, 0.15) is 73.1 Å². The van der Waals surface area contributed by atoms with Crippen LogP contribution in [-0.4, -0.2) is 31.2 Å². The molecule has 0 saturated heterocycles. The van der Waals surface area contributed by atoms with Crippen molar-refractivity contribution in [2.75, 3.05) is 13.2 Å². The summed E-state index contributed by atoms with van der Waals surface area (Å²) in [6.45, 7) is 11.6. The summed E-state index contributed by atoms with van der Waals surface area (Å²) in [4.78, 5) is 23.5. The highest BCUT2D eigenvalue weighted by Crippen LogP contribution is 2.45. The molecule has 2 N–H and O–H groups in total. The van der Waals surface area contributed by atoms with E-state index in [4.69, 9.17) is 4.74 Å². The summed E-state index contributed by atoms with van der Waals surface area (Å²) >= 11 is 0. The Kier molecular flexibility index (Phi) is 7.36. The lowest BCUT2D eigenvalue weighted by Crippen LogP contribution is -2.50. The van der Waals surface area contributed by atoms with E-state index in [-0.39, 0.29) is 28.9 Å². The van der Waals surface area contributed by atoms with Crippen LogP contribution in [0.2, 0.25) is 0 Å². The molecule has 5 heteroatoms. The molecule has 2 unspecified atom stereocenters. The monoisotopic (exact) mass is 326 g/mol. The Morgan fingerprint density at radius 3 is 2.48 bits per heavy atom. The molecule has 23 heavy (non-hydrogen) atoms. The fourth-order valence-corrected chi connectivity index (χ4v) is 3.85. The molecule has 0 aromatic carbocycles. The lowest BCUT2D eigenvalue weighted by atomic mass is 9.62. The van der Waals surface area contributed by atoms with E-state index < -0.39 is 0 Å². The largest absolute Gasteiger partial charge is 0.450 e. The molecule has 2 atom stereocenters. The van der Waals surface area contributed by atoms with Crippen LogP contribution in [0.25, 0.3) is 0 Å². The molecule has 0 aromatic rings. The zero-order valence-electron chi connectivity index (χ0n) is 15.5. The molecule has 1 aliphatic rings. The summed E-state index contributed by atoms with van der Waals surface area (Å²) in [7, 11) is 0. The van der Waals surface area contributed by atoms with Crippen molar-refractivity contribution >= 4 is 12.0 Å². The zero-order valence-corrected chi connectivity index (χ0v) is 15.5. The smallest absolute Gasteiger partial charge is 0.407 e. The number of unbranched alkanes of at least 4 members (excludes halogenated alkanes) is 1. The normalized spacial score (nSPS) is 26.4. The topological polar surface area (TPSA) is 67.4 Å². The van der Waals surface area contributed by atoms with Gasteiger partial charge >= 0.3 is 6.09 Å². The first kappa shape index (κ1) is 19.8. The minimum Gasteiger partial charge on any atom is -0.450 e. The number of hydrogen-bond acceptors (Lipinski definition) is 3. The molecule has 0 spiro atoms. The molecular weight excluding hydrogens is 292 g/mol. The summed E-state index contributed by atoms with van der Waals surface area (Å²) in [5, 5.41) is 6.03. The number of carbonyl (C=O) groups is 2. The number of ether oxygens (including phenoxy) is 1. The Balaban J connectivity index is 2.56. The number of nitrogens with one attached hydrogen (secondary N) is 2. The van der Waals surface area contributed by atoms with Gasteiger partial charge in [0.25, 0.3) is 0 Å². The molecule has 1 aliphatic carbocycles. The van der Waals surface area contributed by atoms with Gasteiger partial charge in [-0.3, -0.25) is 4.79 Å². The first-order valence-corrected chi connectivity index (χ1v) is 8.90. The van der Waals surface area contributed by atoms with Crippen LogP contribution in [0.5, 0.6) is 0 Å². The fourth-order valence-electron chi connectivity index (χ4n) is 3.85. The maximum Gasteiger partial charge on any atom is 0.407 e. The van der Waals surface area contributed by atoms with Gasteiger partial charge in [0.2, 0.25) is 5.91 Å². The van der Waals surface area contributed by atoms with Crippen LogP contribution in [0.3, 0.4) is 0 Å². The van der Waals surface area contributed by atoms with E-state index in [1.54, 1.807) is 0 Å². The van der Waals surface area contributed by atoms with Crippen molar-refractivity contribution in [1.82, 2.24) is 10.6 Å². The van der Waals surface area contributed by atoms with Crippen molar-refractivity contribution in [3.05, 3.63) is 0 Å². The lowest BCUT2D eigenvalue weighted by Gasteiger charge is -2.46. The Morgan fingerprint density at radius 2 is 1.87 bits per heavy atom. The van der Waals surface area contributed by atoms with E-state index in [1.165, 1.54) is 0 Å². The van der Waals surface area contributed by atoms with Crippen LogP contribution < -0.4 is 10.6 Å². The molecule has 1 fully saturated rings. The van der Waals surface area contributed by atoms with Gasteiger partial charge in [-0.05, 0) is 36.5 Å². The van der Waals surface area contributed by atoms with E-state index in [1.807, 2.05) is 6.92 Å². The Morgan fingerprint density at radius 1 is 1.17 bits per heavy atom. The van der Waals surface area contributed by atoms with Crippen molar-refractivity contribution in [3.63, 3.8) is 0 Å². The van der Waals surface area contributed by atoms with Crippen LogP contribution >= 0.6 is 0 Å². The van der Waals surface area contributed by atoms with Gasteiger partial charge in [-0.15, -0.1) is 0 Å². The summed E-state index contributed by atoms with van der Waals surface area (Å²) in [6, 6.07) is 0.175. The molecule has 5 nitrogen and oxygen atoms in total. The summed E-state index contributed by atoms with van der Waals surface area (Å²) in [5.41, 5.74) is 0.115. The number of rotatable bonds is 7. The van der Waals surface area contributed by atoms with Gasteiger partial charge in [-0.1, -0.05) is 41.0 Å². The molecule has 1 saturated carbocycles. The van der Waals surface area contributed by atoms with Crippen LogP contribution in [0.4, 0.5) is 4.79 Å². The first-order valence-electron chi connectivity index (χ1n) is 8.90. The quantitative estimate of drug-likeness (QED) is 0.702. The summed E-state index contributed by atoms with van der Waals surface area (Å²) in [5.74, 6) is 0.0991. The van der Waals surface area contributed by atoms with Gasteiger partial charge in [0, 0.05) is 19.0 Å². The first-order chi connectivity index (χ1) is 10.7. The highest BCUT2D eigenvalue weighted by atomic mass is 16.5. The minimum atomic E-state index is -0.336. The third kappa shape index (κ3) is 7.23. The van der Waals surface area contributed by atoms with Gasteiger partial charge in [0.05, 0.1) is 6.61 Å². The second-order valence-electron chi connectivity index (χ2n) is 8.02.